The van der Waals surface area contributed by atoms with Crippen molar-refractivity contribution < 1.29 is 4.39 Å². The van der Waals surface area contributed by atoms with Crippen LogP contribution in [-0.2, 0) is 0 Å². The Morgan fingerprint density at radius 1 is 1.24 bits per heavy atom. The van der Waals surface area contributed by atoms with Gasteiger partial charge in [0, 0.05) is 18.5 Å². The van der Waals surface area contributed by atoms with E-state index in [0.717, 1.165) is 13.1 Å². The van der Waals surface area contributed by atoms with E-state index in [-0.39, 0.29) is 5.82 Å². The molecule has 0 aromatic heterocycles. The van der Waals surface area contributed by atoms with Crippen molar-refractivity contribution in [2.45, 2.75) is 25.7 Å². The number of halogens is 1. The number of hydrogen-bond donors (Lipinski definition) is 0. The van der Waals surface area contributed by atoms with Gasteiger partial charge in [-0.1, -0.05) is 12.8 Å². The number of rotatable bonds is 1. The van der Waals surface area contributed by atoms with Crippen molar-refractivity contribution in [2.75, 3.05) is 18.0 Å². The van der Waals surface area contributed by atoms with Crippen LogP contribution in [0.25, 0.3) is 0 Å². The van der Waals surface area contributed by atoms with Gasteiger partial charge < -0.3 is 4.90 Å². The highest BCUT2D eigenvalue weighted by molar-refractivity contribution is 5.53. The van der Waals surface area contributed by atoms with Crippen LogP contribution >= 0.6 is 0 Å². The SMILES string of the molecule is N#Cc1ccc(N2CC3(CCCC3)C2)c(F)c1. The fourth-order valence-corrected chi connectivity index (χ4v) is 3.21. The average Bonchev–Trinajstić information content (AvgIpc) is 2.76. The molecule has 2 fully saturated rings. The van der Waals surface area contributed by atoms with Crippen LogP contribution in [0.5, 0.6) is 0 Å². The van der Waals surface area contributed by atoms with Crippen LogP contribution in [0.4, 0.5) is 10.1 Å². The minimum atomic E-state index is -0.267. The molecular weight excluding hydrogens is 215 g/mol. The van der Waals surface area contributed by atoms with Gasteiger partial charge in [-0.25, -0.2) is 4.39 Å². The summed E-state index contributed by atoms with van der Waals surface area (Å²) < 4.78 is 13.8. The first kappa shape index (κ1) is 10.6. The molecule has 2 aliphatic rings. The first-order chi connectivity index (χ1) is 8.22. The first-order valence-electron chi connectivity index (χ1n) is 6.17. The summed E-state index contributed by atoms with van der Waals surface area (Å²) in [6.07, 6.45) is 5.23. The average molecular weight is 230 g/mol. The molecule has 1 saturated heterocycles. The molecule has 1 aromatic carbocycles. The minimum absolute atomic E-state index is 0.267. The van der Waals surface area contributed by atoms with Gasteiger partial charge in [0.25, 0.3) is 0 Å². The van der Waals surface area contributed by atoms with Crippen LogP contribution < -0.4 is 4.90 Å². The van der Waals surface area contributed by atoms with Crippen molar-refractivity contribution >= 4 is 5.69 Å². The highest BCUT2D eigenvalue weighted by Gasteiger charge is 2.45. The zero-order chi connectivity index (χ0) is 11.9. The molecular formula is C14H15FN2. The Bertz CT molecular complexity index is 475. The van der Waals surface area contributed by atoms with Gasteiger partial charge in [-0.05, 0) is 31.0 Å². The lowest BCUT2D eigenvalue weighted by molar-refractivity contribution is 0.220. The van der Waals surface area contributed by atoms with Crippen LogP contribution in [-0.4, -0.2) is 13.1 Å². The molecule has 0 bridgehead atoms. The van der Waals surface area contributed by atoms with Gasteiger partial charge in [0.05, 0.1) is 17.3 Å². The standard InChI is InChI=1S/C14H15FN2/c15-12-7-11(8-16)3-4-13(12)17-9-14(10-17)5-1-2-6-14/h3-4,7H,1-2,5-6,9-10H2. The zero-order valence-electron chi connectivity index (χ0n) is 9.75. The Morgan fingerprint density at radius 3 is 2.53 bits per heavy atom. The molecule has 1 heterocycles. The highest BCUT2D eigenvalue weighted by Crippen LogP contribution is 2.47. The molecule has 88 valence electrons. The predicted octanol–water partition coefficient (Wildman–Crippen LogP) is 3.08. The van der Waals surface area contributed by atoms with E-state index in [1.54, 1.807) is 12.1 Å². The van der Waals surface area contributed by atoms with Crippen molar-refractivity contribution in [3.8, 4) is 6.07 Å². The molecule has 1 aliphatic heterocycles. The summed E-state index contributed by atoms with van der Waals surface area (Å²) in [6, 6.07) is 6.71. The predicted molar refractivity (Wildman–Crippen MR) is 64.2 cm³/mol. The van der Waals surface area contributed by atoms with E-state index in [1.807, 2.05) is 6.07 Å². The van der Waals surface area contributed by atoms with E-state index < -0.39 is 0 Å². The third-order valence-corrected chi connectivity index (χ3v) is 4.13. The number of hydrogen-bond acceptors (Lipinski definition) is 2. The molecule has 0 amide bonds. The van der Waals surface area contributed by atoms with Crippen molar-refractivity contribution in [2.24, 2.45) is 5.41 Å². The third-order valence-electron chi connectivity index (χ3n) is 4.13. The Hall–Kier alpha value is -1.56. The summed E-state index contributed by atoms with van der Waals surface area (Å²) in [7, 11) is 0. The van der Waals surface area contributed by atoms with Crippen LogP contribution in [0.3, 0.4) is 0 Å². The molecule has 0 atom stereocenters. The number of benzene rings is 1. The van der Waals surface area contributed by atoms with Crippen molar-refractivity contribution in [1.29, 1.82) is 5.26 Å². The largest absolute Gasteiger partial charge is 0.368 e. The summed E-state index contributed by atoms with van der Waals surface area (Å²) in [4.78, 5) is 2.10. The van der Waals surface area contributed by atoms with Crippen LogP contribution in [0.2, 0.25) is 0 Å². The van der Waals surface area contributed by atoms with E-state index in [1.165, 1.54) is 31.7 Å². The molecule has 3 heteroatoms. The maximum atomic E-state index is 13.8. The van der Waals surface area contributed by atoms with Gasteiger partial charge in [-0.3, -0.25) is 0 Å². The maximum Gasteiger partial charge on any atom is 0.147 e. The summed E-state index contributed by atoms with van der Waals surface area (Å²) in [5.41, 5.74) is 1.52. The molecule has 17 heavy (non-hydrogen) atoms. The van der Waals surface area contributed by atoms with Crippen LogP contribution in [0, 0.1) is 22.6 Å². The van der Waals surface area contributed by atoms with E-state index in [9.17, 15) is 4.39 Å². The summed E-state index contributed by atoms with van der Waals surface area (Å²) in [5.74, 6) is -0.267. The van der Waals surface area contributed by atoms with Gasteiger partial charge in [-0.15, -0.1) is 0 Å². The van der Waals surface area contributed by atoms with E-state index in [4.69, 9.17) is 5.26 Å². The zero-order valence-corrected chi connectivity index (χ0v) is 9.75. The van der Waals surface area contributed by atoms with Crippen LogP contribution in [0.15, 0.2) is 18.2 Å². The normalized spacial score (nSPS) is 21.3. The smallest absolute Gasteiger partial charge is 0.147 e. The second kappa shape index (κ2) is 3.73. The second-order valence-corrected chi connectivity index (χ2v) is 5.34. The summed E-state index contributed by atoms with van der Waals surface area (Å²) in [6.45, 7) is 1.96. The van der Waals surface area contributed by atoms with Crippen molar-refractivity contribution in [3.63, 3.8) is 0 Å². The van der Waals surface area contributed by atoms with Gasteiger partial charge in [0.1, 0.15) is 5.82 Å². The lowest BCUT2D eigenvalue weighted by atomic mass is 9.78. The third kappa shape index (κ3) is 1.68. The summed E-state index contributed by atoms with van der Waals surface area (Å²) in [5, 5.41) is 8.70. The van der Waals surface area contributed by atoms with E-state index in [0.29, 0.717) is 16.7 Å². The number of nitriles is 1. The quantitative estimate of drug-likeness (QED) is 0.741. The fourth-order valence-electron chi connectivity index (χ4n) is 3.21. The van der Waals surface area contributed by atoms with Crippen LogP contribution in [0.1, 0.15) is 31.2 Å². The molecule has 1 aliphatic carbocycles. The van der Waals surface area contributed by atoms with Gasteiger partial charge in [0.2, 0.25) is 0 Å². The molecule has 1 saturated carbocycles. The Kier molecular flexibility index (Phi) is 2.32. The van der Waals surface area contributed by atoms with Gasteiger partial charge >= 0.3 is 0 Å². The van der Waals surface area contributed by atoms with E-state index in [2.05, 4.69) is 4.90 Å². The molecule has 3 rings (SSSR count). The number of nitrogens with zero attached hydrogens (tertiary/aromatic N) is 2. The first-order valence-corrected chi connectivity index (χ1v) is 6.17. The Balaban J connectivity index is 1.77. The molecule has 0 unspecified atom stereocenters. The lowest BCUT2D eigenvalue weighted by Crippen LogP contribution is -2.55. The Morgan fingerprint density at radius 2 is 1.94 bits per heavy atom. The highest BCUT2D eigenvalue weighted by atomic mass is 19.1. The van der Waals surface area contributed by atoms with Gasteiger partial charge in [0.15, 0.2) is 0 Å². The monoisotopic (exact) mass is 230 g/mol. The van der Waals surface area contributed by atoms with Crippen molar-refractivity contribution in [3.05, 3.63) is 29.6 Å². The minimum Gasteiger partial charge on any atom is -0.368 e. The van der Waals surface area contributed by atoms with Crippen molar-refractivity contribution in [1.82, 2.24) is 0 Å². The molecule has 1 spiro atoms. The van der Waals surface area contributed by atoms with Gasteiger partial charge in [-0.2, -0.15) is 5.26 Å². The molecule has 2 nitrogen and oxygen atoms in total. The summed E-state index contributed by atoms with van der Waals surface area (Å²) >= 11 is 0. The Labute approximate surface area is 101 Å². The second-order valence-electron chi connectivity index (χ2n) is 5.34. The topological polar surface area (TPSA) is 27.0 Å². The maximum absolute atomic E-state index is 13.8. The molecule has 0 N–H and O–H groups in total. The lowest BCUT2D eigenvalue weighted by Gasteiger charge is -2.49. The number of anilines is 1. The van der Waals surface area contributed by atoms with E-state index >= 15 is 0 Å². The molecule has 0 radical (unpaired) electrons. The fraction of sp³-hybridized carbons (Fsp3) is 0.500. The molecule has 1 aromatic rings.